The molecule has 0 aromatic heterocycles. The van der Waals surface area contributed by atoms with E-state index in [4.69, 9.17) is 14.6 Å². The highest BCUT2D eigenvalue weighted by Crippen LogP contribution is 2.31. The molecule has 4 nitrogen and oxygen atoms in total. The number of carboxylic acids is 1. The Labute approximate surface area is 104 Å². The molecule has 1 aromatic carbocycles. The zero-order valence-electron chi connectivity index (χ0n) is 9.30. The molecule has 2 rings (SSSR count). The molecule has 1 aromatic rings. The maximum absolute atomic E-state index is 10.3. The maximum Gasteiger partial charge on any atom is 0.304 e. The highest BCUT2D eigenvalue weighted by atomic mass is 32.2. The van der Waals surface area contributed by atoms with Crippen LogP contribution in [-0.2, 0) is 4.79 Å². The molecule has 1 aliphatic rings. The van der Waals surface area contributed by atoms with E-state index in [1.807, 2.05) is 24.3 Å². The number of benzene rings is 1. The highest BCUT2D eigenvalue weighted by molar-refractivity contribution is 7.99. The van der Waals surface area contributed by atoms with Crippen LogP contribution in [0.1, 0.15) is 6.42 Å². The van der Waals surface area contributed by atoms with Crippen LogP contribution in [0.4, 0.5) is 0 Å². The molecule has 1 heterocycles. The lowest BCUT2D eigenvalue weighted by molar-refractivity contribution is -0.136. The Morgan fingerprint density at radius 1 is 1.41 bits per heavy atom. The average molecular weight is 254 g/mol. The molecule has 1 unspecified atom stereocenters. The van der Waals surface area contributed by atoms with Crippen LogP contribution in [0.5, 0.6) is 11.5 Å². The van der Waals surface area contributed by atoms with Gasteiger partial charge in [-0.25, -0.2) is 0 Å². The molecule has 0 amide bonds. The number of hydrogen-bond donors (Lipinski definition) is 1. The van der Waals surface area contributed by atoms with Gasteiger partial charge in [-0.05, 0) is 12.1 Å². The number of ether oxygens (including phenoxy) is 2. The molecule has 0 radical (unpaired) electrons. The van der Waals surface area contributed by atoms with Crippen molar-refractivity contribution in [2.24, 2.45) is 0 Å². The SMILES string of the molecule is O=C(O)CCSCC1COc2ccccc2O1. The Hall–Kier alpha value is -1.36. The van der Waals surface area contributed by atoms with Gasteiger partial charge >= 0.3 is 5.97 Å². The van der Waals surface area contributed by atoms with Crippen LogP contribution >= 0.6 is 11.8 Å². The van der Waals surface area contributed by atoms with E-state index in [-0.39, 0.29) is 12.5 Å². The van der Waals surface area contributed by atoms with E-state index in [0.29, 0.717) is 12.4 Å². The number of fused-ring (bicyclic) bond motifs is 1. The molecular weight excluding hydrogens is 240 g/mol. The summed E-state index contributed by atoms with van der Waals surface area (Å²) in [5, 5.41) is 8.51. The van der Waals surface area contributed by atoms with Crippen molar-refractivity contribution in [2.45, 2.75) is 12.5 Å². The normalized spacial score (nSPS) is 17.8. The second kappa shape index (κ2) is 5.82. The van der Waals surface area contributed by atoms with E-state index < -0.39 is 5.97 Å². The van der Waals surface area contributed by atoms with Crippen LogP contribution < -0.4 is 9.47 Å². The third kappa shape index (κ3) is 3.56. The Morgan fingerprint density at radius 3 is 2.94 bits per heavy atom. The van der Waals surface area contributed by atoms with Gasteiger partial charge in [0.05, 0.1) is 6.42 Å². The van der Waals surface area contributed by atoms with Crippen molar-refractivity contribution < 1.29 is 19.4 Å². The van der Waals surface area contributed by atoms with Gasteiger partial charge < -0.3 is 14.6 Å². The van der Waals surface area contributed by atoms with E-state index in [2.05, 4.69) is 0 Å². The van der Waals surface area contributed by atoms with Gasteiger partial charge in [-0.3, -0.25) is 4.79 Å². The lowest BCUT2D eigenvalue weighted by atomic mass is 10.3. The van der Waals surface area contributed by atoms with Gasteiger partial charge in [0.25, 0.3) is 0 Å². The van der Waals surface area contributed by atoms with Crippen LogP contribution in [0.2, 0.25) is 0 Å². The van der Waals surface area contributed by atoms with Crippen molar-refractivity contribution in [3.05, 3.63) is 24.3 Å². The molecular formula is C12H14O4S. The van der Waals surface area contributed by atoms with E-state index in [0.717, 1.165) is 17.3 Å². The zero-order chi connectivity index (χ0) is 12.1. The van der Waals surface area contributed by atoms with Gasteiger partial charge in [0.2, 0.25) is 0 Å². The third-order valence-electron chi connectivity index (χ3n) is 2.33. The van der Waals surface area contributed by atoms with Gasteiger partial charge in [-0.2, -0.15) is 11.8 Å². The standard InChI is InChI=1S/C12H14O4S/c13-12(14)5-6-17-8-9-7-15-10-3-1-2-4-11(10)16-9/h1-4,9H,5-8H2,(H,13,14). The predicted molar refractivity (Wildman–Crippen MR) is 65.9 cm³/mol. The lowest BCUT2D eigenvalue weighted by Gasteiger charge is -2.26. The van der Waals surface area contributed by atoms with Crippen molar-refractivity contribution in [1.82, 2.24) is 0 Å². The van der Waals surface area contributed by atoms with Crippen molar-refractivity contribution in [2.75, 3.05) is 18.1 Å². The summed E-state index contributed by atoms with van der Waals surface area (Å²) >= 11 is 1.58. The molecule has 1 atom stereocenters. The molecule has 1 aliphatic heterocycles. The zero-order valence-corrected chi connectivity index (χ0v) is 10.1. The molecule has 0 saturated heterocycles. The third-order valence-corrected chi connectivity index (χ3v) is 3.43. The topological polar surface area (TPSA) is 55.8 Å². The average Bonchev–Trinajstić information content (AvgIpc) is 2.34. The molecule has 0 saturated carbocycles. The van der Waals surface area contributed by atoms with E-state index in [1.165, 1.54) is 0 Å². The van der Waals surface area contributed by atoms with E-state index in [1.54, 1.807) is 11.8 Å². The van der Waals surface area contributed by atoms with Gasteiger partial charge in [-0.15, -0.1) is 0 Å². The first-order valence-electron chi connectivity index (χ1n) is 5.44. The number of thioether (sulfide) groups is 1. The smallest absolute Gasteiger partial charge is 0.304 e. The van der Waals surface area contributed by atoms with Gasteiger partial charge in [0.1, 0.15) is 12.7 Å². The molecule has 0 fully saturated rings. The quantitative estimate of drug-likeness (QED) is 0.815. The fourth-order valence-electron chi connectivity index (χ4n) is 1.52. The first kappa shape index (κ1) is 12.1. The number of aliphatic carboxylic acids is 1. The van der Waals surface area contributed by atoms with E-state index in [9.17, 15) is 4.79 Å². The number of rotatable bonds is 5. The first-order valence-corrected chi connectivity index (χ1v) is 6.59. The molecule has 0 spiro atoms. The molecule has 92 valence electrons. The number of carbonyl (C=O) groups is 1. The minimum Gasteiger partial charge on any atom is -0.486 e. The maximum atomic E-state index is 10.3. The number of para-hydroxylation sites is 2. The van der Waals surface area contributed by atoms with Crippen LogP contribution in [0.25, 0.3) is 0 Å². The fraction of sp³-hybridized carbons (Fsp3) is 0.417. The summed E-state index contributed by atoms with van der Waals surface area (Å²) in [6.07, 6.45) is 0.193. The van der Waals surface area contributed by atoms with Crippen LogP contribution in [0, 0.1) is 0 Å². The van der Waals surface area contributed by atoms with Gasteiger partial charge in [0.15, 0.2) is 11.5 Å². The summed E-state index contributed by atoms with van der Waals surface area (Å²) in [7, 11) is 0. The van der Waals surface area contributed by atoms with Crippen molar-refractivity contribution in [3.63, 3.8) is 0 Å². The Bertz CT molecular complexity index is 394. The molecule has 17 heavy (non-hydrogen) atoms. The molecule has 0 bridgehead atoms. The Kier molecular flexibility index (Phi) is 4.14. The summed E-state index contributed by atoms with van der Waals surface area (Å²) < 4.78 is 11.3. The Balaban J connectivity index is 1.76. The van der Waals surface area contributed by atoms with Gasteiger partial charge in [-0.1, -0.05) is 12.1 Å². The van der Waals surface area contributed by atoms with Crippen molar-refractivity contribution in [1.29, 1.82) is 0 Å². The summed E-state index contributed by atoms with van der Waals surface area (Å²) in [5.74, 6) is 2.14. The van der Waals surface area contributed by atoms with Crippen LogP contribution in [0.3, 0.4) is 0 Å². The second-order valence-corrected chi connectivity index (χ2v) is 4.87. The summed E-state index contributed by atoms with van der Waals surface area (Å²) in [4.78, 5) is 10.3. The van der Waals surface area contributed by atoms with E-state index >= 15 is 0 Å². The monoisotopic (exact) mass is 254 g/mol. The van der Waals surface area contributed by atoms with Gasteiger partial charge in [0, 0.05) is 11.5 Å². The van der Waals surface area contributed by atoms with Crippen molar-refractivity contribution in [3.8, 4) is 11.5 Å². The summed E-state index contributed by atoms with van der Waals surface area (Å²) in [6.45, 7) is 0.525. The molecule has 1 N–H and O–H groups in total. The predicted octanol–water partition coefficient (Wildman–Crippen LogP) is 2.03. The number of hydrogen-bond acceptors (Lipinski definition) is 4. The summed E-state index contributed by atoms with van der Waals surface area (Å²) in [5.41, 5.74) is 0. The minimum atomic E-state index is -0.761. The van der Waals surface area contributed by atoms with Crippen LogP contribution in [-0.4, -0.2) is 35.3 Å². The highest BCUT2D eigenvalue weighted by Gasteiger charge is 2.20. The molecule has 5 heteroatoms. The van der Waals surface area contributed by atoms with Crippen LogP contribution in [0.15, 0.2) is 24.3 Å². The number of carboxylic acid groups (broad SMARTS) is 1. The van der Waals surface area contributed by atoms with Crippen molar-refractivity contribution >= 4 is 17.7 Å². The molecule has 0 aliphatic carbocycles. The first-order chi connectivity index (χ1) is 8.25. The minimum absolute atomic E-state index is 0.00342. The Morgan fingerprint density at radius 2 is 2.18 bits per heavy atom. The lowest BCUT2D eigenvalue weighted by Crippen LogP contribution is -2.31. The largest absolute Gasteiger partial charge is 0.486 e. The fourth-order valence-corrected chi connectivity index (χ4v) is 2.43. The summed E-state index contributed by atoms with van der Waals surface area (Å²) in [6, 6.07) is 7.57. The second-order valence-electron chi connectivity index (χ2n) is 3.72.